The molecule has 0 atom stereocenters. The summed E-state index contributed by atoms with van der Waals surface area (Å²) in [6, 6.07) is 12.1. The highest BCUT2D eigenvalue weighted by Crippen LogP contribution is 2.36. The summed E-state index contributed by atoms with van der Waals surface area (Å²) in [6.45, 7) is 0.979. The van der Waals surface area contributed by atoms with Gasteiger partial charge < -0.3 is 5.32 Å². The highest BCUT2D eigenvalue weighted by Gasteiger charge is 2.22. The van der Waals surface area contributed by atoms with E-state index in [9.17, 15) is 0 Å². The van der Waals surface area contributed by atoms with Crippen LogP contribution < -0.4 is 5.32 Å². The Labute approximate surface area is 138 Å². The Morgan fingerprint density at radius 2 is 2.05 bits per heavy atom. The molecule has 0 saturated heterocycles. The van der Waals surface area contributed by atoms with Crippen LogP contribution in [0.2, 0.25) is 5.02 Å². The molecule has 22 heavy (non-hydrogen) atoms. The Morgan fingerprint density at radius 1 is 1.14 bits per heavy atom. The van der Waals surface area contributed by atoms with E-state index in [4.69, 9.17) is 16.7 Å². The fraction of sp³-hybridized carbons (Fsp3) is 0.235. The van der Waals surface area contributed by atoms with Crippen LogP contribution >= 0.6 is 22.9 Å². The van der Waals surface area contributed by atoms with Crippen LogP contribution in [0.1, 0.15) is 18.4 Å². The van der Waals surface area contributed by atoms with Gasteiger partial charge in [0.05, 0.1) is 15.6 Å². The third-order valence-corrected chi connectivity index (χ3v) is 5.16. The van der Waals surface area contributed by atoms with Crippen molar-refractivity contribution in [2.75, 3.05) is 11.9 Å². The van der Waals surface area contributed by atoms with Crippen LogP contribution in [-0.2, 0) is 6.42 Å². The second kappa shape index (κ2) is 5.78. The molecule has 0 spiro atoms. The molecule has 3 nitrogen and oxygen atoms in total. The molecule has 0 saturated carbocycles. The number of thiophene rings is 1. The predicted octanol–water partition coefficient (Wildman–Crippen LogP) is 5.00. The molecular weight excluding hydrogens is 314 g/mol. The summed E-state index contributed by atoms with van der Waals surface area (Å²) in [7, 11) is 0. The average molecular weight is 330 g/mol. The predicted molar refractivity (Wildman–Crippen MR) is 93.3 cm³/mol. The summed E-state index contributed by atoms with van der Waals surface area (Å²) in [5, 5.41) is 11.3. The monoisotopic (exact) mass is 329 g/mol. The van der Waals surface area contributed by atoms with Crippen molar-refractivity contribution in [1.29, 1.82) is 0 Å². The van der Waals surface area contributed by atoms with Gasteiger partial charge in [-0.2, -0.15) is 5.10 Å². The van der Waals surface area contributed by atoms with Crippen molar-refractivity contribution in [3.8, 4) is 16.3 Å². The highest BCUT2D eigenvalue weighted by molar-refractivity contribution is 7.13. The number of aromatic nitrogens is 2. The Balaban J connectivity index is 1.94. The normalized spacial score (nSPS) is 14.2. The second-order valence-electron chi connectivity index (χ2n) is 5.40. The van der Waals surface area contributed by atoms with Crippen molar-refractivity contribution >= 4 is 28.8 Å². The van der Waals surface area contributed by atoms with Crippen molar-refractivity contribution in [3.63, 3.8) is 0 Å². The lowest BCUT2D eigenvalue weighted by atomic mass is 10.1. The molecular formula is C17H16ClN3S. The molecule has 1 aliphatic heterocycles. The molecule has 0 unspecified atom stereocenters. The first kappa shape index (κ1) is 13.9. The third-order valence-electron chi connectivity index (χ3n) is 3.96. The Bertz CT molecular complexity index is 792. The molecule has 2 aromatic heterocycles. The van der Waals surface area contributed by atoms with Gasteiger partial charge in [0, 0.05) is 12.1 Å². The lowest BCUT2D eigenvalue weighted by molar-refractivity contribution is 0.780. The van der Waals surface area contributed by atoms with Gasteiger partial charge in [-0.15, -0.1) is 11.3 Å². The fourth-order valence-electron chi connectivity index (χ4n) is 2.91. The number of hydrogen-bond donors (Lipinski definition) is 1. The number of nitrogens with zero attached hydrogens (tertiary/aromatic N) is 2. The first-order valence-electron chi connectivity index (χ1n) is 7.49. The maximum Gasteiger partial charge on any atom is 0.133 e. The van der Waals surface area contributed by atoms with Gasteiger partial charge in [0.15, 0.2) is 0 Å². The second-order valence-corrected chi connectivity index (χ2v) is 6.76. The number of fused-ring (bicyclic) bond motifs is 1. The number of rotatable bonds is 2. The quantitative estimate of drug-likeness (QED) is 0.716. The van der Waals surface area contributed by atoms with E-state index in [-0.39, 0.29) is 0 Å². The van der Waals surface area contributed by atoms with Crippen molar-refractivity contribution in [2.24, 2.45) is 0 Å². The van der Waals surface area contributed by atoms with Crippen LogP contribution in [0.4, 0.5) is 5.82 Å². The number of hydrogen-bond acceptors (Lipinski definition) is 3. The Hall–Kier alpha value is -1.78. The van der Waals surface area contributed by atoms with Crippen molar-refractivity contribution in [2.45, 2.75) is 19.3 Å². The van der Waals surface area contributed by atoms with Crippen LogP contribution in [0.15, 0.2) is 41.8 Å². The van der Waals surface area contributed by atoms with Crippen molar-refractivity contribution in [3.05, 3.63) is 52.4 Å². The Morgan fingerprint density at radius 3 is 2.86 bits per heavy atom. The molecule has 1 aromatic carbocycles. The lowest BCUT2D eigenvalue weighted by Gasteiger charge is -2.10. The van der Waals surface area contributed by atoms with Crippen LogP contribution in [0, 0.1) is 0 Å². The van der Waals surface area contributed by atoms with Gasteiger partial charge in [0.25, 0.3) is 0 Å². The lowest BCUT2D eigenvalue weighted by Crippen LogP contribution is -2.07. The summed E-state index contributed by atoms with van der Waals surface area (Å²) in [4.78, 5) is 1.21. The topological polar surface area (TPSA) is 29.9 Å². The maximum absolute atomic E-state index is 6.39. The van der Waals surface area contributed by atoms with E-state index in [2.05, 4.69) is 22.8 Å². The fourth-order valence-corrected chi connectivity index (χ4v) is 3.86. The van der Waals surface area contributed by atoms with E-state index in [1.807, 2.05) is 28.9 Å². The minimum atomic E-state index is 0.719. The molecule has 3 heterocycles. The zero-order chi connectivity index (χ0) is 14.9. The molecule has 4 rings (SSSR count). The van der Waals surface area contributed by atoms with E-state index in [0.29, 0.717) is 0 Å². The minimum absolute atomic E-state index is 0.719. The van der Waals surface area contributed by atoms with Gasteiger partial charge in [-0.1, -0.05) is 29.8 Å². The summed E-state index contributed by atoms with van der Waals surface area (Å²) in [5.74, 6) is 1.09. The zero-order valence-corrected chi connectivity index (χ0v) is 13.6. The van der Waals surface area contributed by atoms with E-state index < -0.39 is 0 Å². The molecule has 1 aliphatic rings. The van der Waals surface area contributed by atoms with E-state index in [1.54, 1.807) is 11.3 Å². The summed E-state index contributed by atoms with van der Waals surface area (Å²) in [5.41, 5.74) is 3.32. The van der Waals surface area contributed by atoms with Gasteiger partial charge in [0.1, 0.15) is 11.5 Å². The number of anilines is 1. The highest BCUT2D eigenvalue weighted by atomic mass is 35.5. The summed E-state index contributed by atoms with van der Waals surface area (Å²) >= 11 is 8.12. The number of nitrogens with one attached hydrogen (secondary N) is 1. The van der Waals surface area contributed by atoms with Gasteiger partial charge in [-0.3, -0.25) is 0 Å². The van der Waals surface area contributed by atoms with Crippen molar-refractivity contribution in [1.82, 2.24) is 9.78 Å². The molecule has 112 valence electrons. The zero-order valence-electron chi connectivity index (χ0n) is 12.1. The molecule has 1 N–H and O–H groups in total. The van der Waals surface area contributed by atoms with Crippen LogP contribution in [0.25, 0.3) is 16.3 Å². The standard InChI is InChI=1S/C17H16ClN3S/c18-13-7-1-2-8-14(13)21-17-12(6-3-4-10-19-17)16(20-21)15-9-5-11-22-15/h1-2,5,7-9,11,19H,3-4,6,10H2. The molecule has 5 heteroatoms. The van der Waals surface area contributed by atoms with Crippen LogP contribution in [0.5, 0.6) is 0 Å². The number of halogens is 1. The van der Waals surface area contributed by atoms with Crippen LogP contribution in [-0.4, -0.2) is 16.3 Å². The summed E-state index contributed by atoms with van der Waals surface area (Å²) < 4.78 is 1.97. The third kappa shape index (κ3) is 2.32. The SMILES string of the molecule is Clc1ccccc1-n1nc(-c2cccs2)c2c1NCCCC2. The van der Waals surface area contributed by atoms with E-state index >= 15 is 0 Å². The molecule has 0 bridgehead atoms. The first-order chi connectivity index (χ1) is 10.8. The van der Waals surface area contributed by atoms with Crippen molar-refractivity contribution < 1.29 is 0 Å². The van der Waals surface area contributed by atoms with Gasteiger partial charge in [0.2, 0.25) is 0 Å². The van der Waals surface area contributed by atoms with E-state index in [1.165, 1.54) is 23.3 Å². The Kier molecular flexibility index (Phi) is 3.64. The molecule has 0 radical (unpaired) electrons. The number of benzene rings is 1. The largest absolute Gasteiger partial charge is 0.370 e. The van der Waals surface area contributed by atoms with Gasteiger partial charge in [-0.05, 0) is 42.8 Å². The number of para-hydroxylation sites is 1. The van der Waals surface area contributed by atoms with Gasteiger partial charge >= 0.3 is 0 Å². The smallest absolute Gasteiger partial charge is 0.133 e. The van der Waals surface area contributed by atoms with E-state index in [0.717, 1.165) is 35.2 Å². The van der Waals surface area contributed by atoms with Crippen LogP contribution in [0.3, 0.4) is 0 Å². The van der Waals surface area contributed by atoms with Gasteiger partial charge in [-0.25, -0.2) is 4.68 Å². The maximum atomic E-state index is 6.39. The molecule has 3 aromatic rings. The molecule has 0 amide bonds. The average Bonchev–Trinajstić information content (AvgIpc) is 3.10. The summed E-state index contributed by atoms with van der Waals surface area (Å²) in [6.07, 6.45) is 3.42. The molecule has 0 fully saturated rings. The molecule has 0 aliphatic carbocycles. The first-order valence-corrected chi connectivity index (χ1v) is 8.75. The minimum Gasteiger partial charge on any atom is -0.370 e.